The molecule has 1 aliphatic rings. The van der Waals surface area contributed by atoms with Gasteiger partial charge in [-0.15, -0.1) is 0 Å². The maximum atomic E-state index is 13.2. The average molecular weight is 424 g/mol. The molecular formula is C23H22ClN3O3. The van der Waals surface area contributed by atoms with E-state index < -0.39 is 4.92 Å². The van der Waals surface area contributed by atoms with Crippen LogP contribution in [0.1, 0.15) is 40.0 Å². The van der Waals surface area contributed by atoms with Gasteiger partial charge in [0.05, 0.1) is 11.5 Å². The normalized spacial score (nSPS) is 13.3. The molecule has 3 aromatic rings. The topological polar surface area (TPSA) is 68.4 Å². The van der Waals surface area contributed by atoms with Crippen molar-refractivity contribution in [3.63, 3.8) is 0 Å². The minimum Gasteiger partial charge on any atom is -0.345 e. The first kappa shape index (κ1) is 20.2. The van der Waals surface area contributed by atoms with Gasteiger partial charge in [-0.25, -0.2) is 0 Å². The van der Waals surface area contributed by atoms with Crippen molar-refractivity contribution in [2.45, 2.75) is 38.9 Å². The van der Waals surface area contributed by atoms with Gasteiger partial charge >= 0.3 is 0 Å². The Morgan fingerprint density at radius 3 is 2.67 bits per heavy atom. The van der Waals surface area contributed by atoms with Crippen LogP contribution in [0.3, 0.4) is 0 Å². The van der Waals surface area contributed by atoms with E-state index in [2.05, 4.69) is 4.57 Å². The van der Waals surface area contributed by atoms with Crippen LogP contribution in [0.2, 0.25) is 5.02 Å². The first-order valence-corrected chi connectivity index (χ1v) is 10.3. The maximum absolute atomic E-state index is 13.2. The van der Waals surface area contributed by atoms with E-state index in [1.54, 1.807) is 19.1 Å². The molecule has 0 radical (unpaired) electrons. The lowest BCUT2D eigenvalue weighted by molar-refractivity contribution is -0.385. The summed E-state index contributed by atoms with van der Waals surface area (Å²) in [7, 11) is 0. The quantitative estimate of drug-likeness (QED) is 0.387. The van der Waals surface area contributed by atoms with Gasteiger partial charge < -0.3 is 9.47 Å². The third kappa shape index (κ3) is 4.24. The number of halogens is 1. The van der Waals surface area contributed by atoms with Crippen molar-refractivity contribution >= 4 is 23.2 Å². The molecule has 1 aliphatic carbocycles. The molecule has 0 N–H and O–H groups in total. The molecule has 1 saturated carbocycles. The van der Waals surface area contributed by atoms with Crippen LogP contribution in [-0.2, 0) is 13.1 Å². The molecule has 1 amide bonds. The number of aryl methyl sites for hydroxylation is 1. The molecule has 2 aromatic carbocycles. The molecule has 0 spiro atoms. The summed E-state index contributed by atoms with van der Waals surface area (Å²) in [5.74, 6) is -0.175. The molecule has 30 heavy (non-hydrogen) atoms. The van der Waals surface area contributed by atoms with Gasteiger partial charge in [-0.2, -0.15) is 0 Å². The van der Waals surface area contributed by atoms with E-state index in [4.69, 9.17) is 11.6 Å². The Hall–Kier alpha value is -3.12. The van der Waals surface area contributed by atoms with Gasteiger partial charge in [-0.3, -0.25) is 14.9 Å². The summed E-state index contributed by atoms with van der Waals surface area (Å²) in [5, 5.41) is 12.0. The van der Waals surface area contributed by atoms with Crippen LogP contribution >= 0.6 is 11.6 Å². The number of benzene rings is 2. The molecule has 1 fully saturated rings. The van der Waals surface area contributed by atoms with Crippen molar-refractivity contribution in [2.75, 3.05) is 0 Å². The highest BCUT2D eigenvalue weighted by Gasteiger charge is 2.34. The zero-order valence-electron chi connectivity index (χ0n) is 16.6. The second-order valence-corrected chi connectivity index (χ2v) is 8.05. The Morgan fingerprint density at radius 2 is 1.97 bits per heavy atom. The number of nitrogens with zero attached hydrogens (tertiary/aromatic N) is 3. The molecular weight excluding hydrogens is 402 g/mol. The standard InChI is InChI=1S/C23H22ClN3O3/c1-16-8-9-17(13-22(16)27(29)30)23(28)26(19-10-11-19)15-20-6-4-12-25(20)14-18-5-2-3-7-21(18)24/h2-9,12-13,19H,10-11,14-15H2,1H3. The molecule has 0 bridgehead atoms. The van der Waals surface area contributed by atoms with E-state index in [0.29, 0.717) is 29.2 Å². The number of amides is 1. The lowest BCUT2D eigenvalue weighted by Crippen LogP contribution is -2.33. The van der Waals surface area contributed by atoms with E-state index in [-0.39, 0.29) is 17.6 Å². The third-order valence-electron chi connectivity index (χ3n) is 5.46. The van der Waals surface area contributed by atoms with Gasteiger partial charge in [0.2, 0.25) is 0 Å². The number of hydrogen-bond acceptors (Lipinski definition) is 3. The zero-order valence-corrected chi connectivity index (χ0v) is 17.4. The zero-order chi connectivity index (χ0) is 21.3. The predicted octanol–water partition coefficient (Wildman–Crippen LogP) is 5.21. The first-order chi connectivity index (χ1) is 14.4. The Labute approximate surface area is 179 Å². The summed E-state index contributed by atoms with van der Waals surface area (Å²) in [4.78, 5) is 25.9. The average Bonchev–Trinajstić information content (AvgIpc) is 3.47. The number of rotatable bonds is 7. The van der Waals surface area contributed by atoms with E-state index in [1.807, 2.05) is 47.5 Å². The van der Waals surface area contributed by atoms with Crippen LogP contribution in [0.25, 0.3) is 0 Å². The molecule has 4 rings (SSSR count). The molecule has 6 nitrogen and oxygen atoms in total. The van der Waals surface area contributed by atoms with E-state index in [1.165, 1.54) is 6.07 Å². The number of nitro groups is 1. The summed E-state index contributed by atoms with van der Waals surface area (Å²) in [6.45, 7) is 2.74. The van der Waals surface area contributed by atoms with Gasteiger partial charge in [0.25, 0.3) is 11.6 Å². The molecule has 0 aliphatic heterocycles. The van der Waals surface area contributed by atoms with Crippen LogP contribution in [0.15, 0.2) is 60.8 Å². The summed E-state index contributed by atoms with van der Waals surface area (Å²) >= 11 is 6.31. The number of aromatic nitrogens is 1. The first-order valence-electron chi connectivity index (χ1n) is 9.87. The summed E-state index contributed by atoms with van der Waals surface area (Å²) in [5.41, 5.74) is 2.87. The van der Waals surface area contributed by atoms with E-state index in [9.17, 15) is 14.9 Å². The Balaban J connectivity index is 1.58. The molecule has 0 atom stereocenters. The summed E-state index contributed by atoms with van der Waals surface area (Å²) in [6, 6.07) is 16.5. The van der Waals surface area contributed by atoms with Gasteiger partial charge in [-0.1, -0.05) is 35.9 Å². The smallest absolute Gasteiger partial charge is 0.273 e. The highest BCUT2D eigenvalue weighted by molar-refractivity contribution is 6.31. The van der Waals surface area contributed by atoms with Crippen LogP contribution in [0.4, 0.5) is 5.69 Å². The number of carbonyl (C=O) groups is 1. The predicted molar refractivity (Wildman–Crippen MR) is 116 cm³/mol. The number of carbonyl (C=O) groups excluding carboxylic acids is 1. The SMILES string of the molecule is Cc1ccc(C(=O)N(Cc2cccn2Cc2ccccc2Cl)C2CC2)cc1[N+](=O)[O-]. The lowest BCUT2D eigenvalue weighted by Gasteiger charge is -2.24. The monoisotopic (exact) mass is 423 g/mol. The van der Waals surface area contributed by atoms with Crippen molar-refractivity contribution in [1.82, 2.24) is 9.47 Å². The molecule has 154 valence electrons. The fourth-order valence-corrected chi connectivity index (χ4v) is 3.79. The maximum Gasteiger partial charge on any atom is 0.273 e. The highest BCUT2D eigenvalue weighted by Crippen LogP contribution is 2.31. The minimum absolute atomic E-state index is 0.0290. The fourth-order valence-electron chi connectivity index (χ4n) is 3.59. The van der Waals surface area contributed by atoms with Crippen LogP contribution in [0, 0.1) is 17.0 Å². The highest BCUT2D eigenvalue weighted by atomic mass is 35.5. The van der Waals surface area contributed by atoms with Gasteiger partial charge in [-0.05, 0) is 49.6 Å². The molecule has 0 saturated heterocycles. The molecule has 7 heteroatoms. The van der Waals surface area contributed by atoms with Gasteiger partial charge in [0.1, 0.15) is 0 Å². The molecule has 1 heterocycles. The summed E-state index contributed by atoms with van der Waals surface area (Å²) < 4.78 is 2.08. The molecule has 0 unspecified atom stereocenters. The lowest BCUT2D eigenvalue weighted by atomic mass is 10.1. The number of hydrogen-bond donors (Lipinski definition) is 0. The second kappa shape index (κ2) is 8.32. The van der Waals surface area contributed by atoms with Crippen LogP contribution in [0.5, 0.6) is 0 Å². The van der Waals surface area contributed by atoms with E-state index in [0.717, 1.165) is 24.1 Å². The van der Waals surface area contributed by atoms with Crippen molar-refractivity contribution in [2.24, 2.45) is 0 Å². The van der Waals surface area contributed by atoms with E-state index >= 15 is 0 Å². The van der Waals surface area contributed by atoms with Gasteiger partial charge in [0.15, 0.2) is 0 Å². The Kier molecular flexibility index (Phi) is 5.59. The van der Waals surface area contributed by atoms with Crippen LogP contribution in [-0.4, -0.2) is 26.3 Å². The fraction of sp³-hybridized carbons (Fsp3) is 0.261. The largest absolute Gasteiger partial charge is 0.345 e. The summed E-state index contributed by atoms with van der Waals surface area (Å²) in [6.07, 6.45) is 3.88. The molecule has 1 aromatic heterocycles. The minimum atomic E-state index is -0.442. The van der Waals surface area contributed by atoms with Crippen molar-refractivity contribution in [1.29, 1.82) is 0 Å². The van der Waals surface area contributed by atoms with Crippen LogP contribution < -0.4 is 0 Å². The van der Waals surface area contributed by atoms with Crippen molar-refractivity contribution < 1.29 is 9.72 Å². The van der Waals surface area contributed by atoms with Gasteiger partial charge in [0, 0.05) is 46.7 Å². The van der Waals surface area contributed by atoms with Crippen molar-refractivity contribution in [3.8, 4) is 0 Å². The number of nitro benzene ring substituents is 1. The Bertz CT molecular complexity index is 1100. The third-order valence-corrected chi connectivity index (χ3v) is 5.82. The van der Waals surface area contributed by atoms with Crippen molar-refractivity contribution in [3.05, 3.63) is 98.3 Å². The Morgan fingerprint density at radius 1 is 1.20 bits per heavy atom. The second-order valence-electron chi connectivity index (χ2n) is 7.64.